The van der Waals surface area contributed by atoms with Crippen LogP contribution in [0.1, 0.15) is 19.3 Å². The van der Waals surface area contributed by atoms with Crippen molar-refractivity contribution < 1.29 is 17.9 Å². The molecule has 1 aliphatic heterocycles. The van der Waals surface area contributed by atoms with E-state index in [1.165, 1.54) is 6.26 Å². The molecule has 160 valence electrons. The number of nitrogens with one attached hydrogen (secondary N) is 2. The van der Waals surface area contributed by atoms with Gasteiger partial charge in [-0.25, -0.2) is 8.42 Å². The minimum atomic E-state index is -3.18. The van der Waals surface area contributed by atoms with E-state index in [1.54, 1.807) is 18.5 Å². The van der Waals surface area contributed by atoms with Crippen molar-refractivity contribution in [1.29, 1.82) is 0 Å². The number of ether oxygens (including phenoxy) is 2. The number of benzene rings is 1. The van der Waals surface area contributed by atoms with E-state index in [-0.39, 0.29) is 30.0 Å². The van der Waals surface area contributed by atoms with Crippen LogP contribution in [0.3, 0.4) is 0 Å². The molecule has 2 N–H and O–H groups in total. The Morgan fingerprint density at radius 1 is 1.36 bits per heavy atom. The summed E-state index contributed by atoms with van der Waals surface area (Å²) in [7, 11) is 0.178. The molecule has 0 aliphatic carbocycles. The van der Waals surface area contributed by atoms with Gasteiger partial charge in [0.25, 0.3) is 0 Å². The summed E-state index contributed by atoms with van der Waals surface area (Å²) in [6, 6.07) is 7.58. The van der Waals surface area contributed by atoms with Gasteiger partial charge >= 0.3 is 0 Å². The summed E-state index contributed by atoms with van der Waals surface area (Å²) in [4.78, 5) is 4.22. The Morgan fingerprint density at radius 2 is 2.14 bits per heavy atom. The number of nitrogens with zero attached hydrogens (tertiary/aromatic N) is 2. The van der Waals surface area contributed by atoms with E-state index in [1.807, 2.05) is 24.3 Å². The fraction of sp³-hybridized carbons (Fsp3) is 0.611. The molecule has 2 rings (SSSR count). The van der Waals surface area contributed by atoms with Crippen LogP contribution in [0.15, 0.2) is 29.3 Å². The van der Waals surface area contributed by atoms with E-state index in [0.29, 0.717) is 32.3 Å². The predicted octanol–water partition coefficient (Wildman–Crippen LogP) is 2.13. The molecule has 1 aromatic rings. The monoisotopic (exact) mass is 526 g/mol. The van der Waals surface area contributed by atoms with Gasteiger partial charge in [0.2, 0.25) is 10.0 Å². The Balaban J connectivity index is 0.00000392. The molecule has 0 aromatic heterocycles. The molecule has 8 nitrogen and oxygen atoms in total. The van der Waals surface area contributed by atoms with Gasteiger partial charge in [-0.2, -0.15) is 4.31 Å². The predicted molar refractivity (Wildman–Crippen MR) is 123 cm³/mol. The number of anilines is 1. The average molecular weight is 526 g/mol. The second-order valence-electron chi connectivity index (χ2n) is 6.47. The van der Waals surface area contributed by atoms with Gasteiger partial charge < -0.3 is 20.1 Å². The van der Waals surface area contributed by atoms with E-state index >= 15 is 0 Å². The largest absolute Gasteiger partial charge is 0.493 e. The molecule has 0 amide bonds. The number of methoxy groups -OCH3 is 1. The number of sulfonamides is 1. The Bertz CT molecular complexity index is 730. The number of hydrogen-bond donors (Lipinski definition) is 2. The van der Waals surface area contributed by atoms with Crippen LogP contribution in [0.5, 0.6) is 5.75 Å². The molecule has 1 aromatic carbocycles. The number of guanidine groups is 1. The van der Waals surface area contributed by atoms with Crippen LogP contribution in [0.2, 0.25) is 0 Å². The summed E-state index contributed by atoms with van der Waals surface area (Å²) in [5.41, 5.74) is 0.846. The van der Waals surface area contributed by atoms with Crippen LogP contribution in [0.25, 0.3) is 0 Å². The summed E-state index contributed by atoms with van der Waals surface area (Å²) >= 11 is 0. The Morgan fingerprint density at radius 3 is 2.82 bits per heavy atom. The first-order valence-electron chi connectivity index (χ1n) is 9.10. The molecule has 0 bridgehead atoms. The average Bonchev–Trinajstić information content (AvgIpc) is 3.12. The van der Waals surface area contributed by atoms with Gasteiger partial charge in [0.05, 0.1) is 12.9 Å². The second-order valence-corrected chi connectivity index (χ2v) is 8.41. The quantitative estimate of drug-likeness (QED) is 0.222. The van der Waals surface area contributed by atoms with E-state index in [2.05, 4.69) is 15.6 Å². The van der Waals surface area contributed by atoms with Crippen molar-refractivity contribution in [2.24, 2.45) is 4.99 Å². The minimum absolute atomic E-state index is 0. The Kier molecular flexibility index (Phi) is 11.1. The molecule has 1 saturated heterocycles. The van der Waals surface area contributed by atoms with Crippen LogP contribution in [0, 0.1) is 0 Å². The van der Waals surface area contributed by atoms with E-state index in [0.717, 1.165) is 30.7 Å². The molecule has 0 spiro atoms. The summed E-state index contributed by atoms with van der Waals surface area (Å²) in [5.74, 6) is 1.36. The van der Waals surface area contributed by atoms with Gasteiger partial charge in [-0.3, -0.25) is 4.99 Å². The second kappa shape index (κ2) is 12.5. The molecule has 1 aliphatic rings. The molecule has 0 radical (unpaired) electrons. The van der Waals surface area contributed by atoms with Gasteiger partial charge in [0, 0.05) is 58.1 Å². The Labute approximate surface area is 185 Å². The van der Waals surface area contributed by atoms with Crippen LogP contribution < -0.4 is 15.4 Å². The highest BCUT2D eigenvalue weighted by molar-refractivity contribution is 14.0. The third-order valence-electron chi connectivity index (χ3n) is 4.34. The highest BCUT2D eigenvalue weighted by atomic mass is 127. The van der Waals surface area contributed by atoms with Crippen molar-refractivity contribution in [3.8, 4) is 5.75 Å². The molecular weight excluding hydrogens is 495 g/mol. The van der Waals surface area contributed by atoms with Crippen molar-refractivity contribution in [3.05, 3.63) is 24.3 Å². The van der Waals surface area contributed by atoms with Crippen LogP contribution in [-0.4, -0.2) is 71.4 Å². The van der Waals surface area contributed by atoms with Crippen LogP contribution in [-0.2, 0) is 14.8 Å². The zero-order valence-electron chi connectivity index (χ0n) is 16.7. The summed E-state index contributed by atoms with van der Waals surface area (Å²) in [6.07, 6.45) is 3.82. The highest BCUT2D eigenvalue weighted by Gasteiger charge is 2.31. The number of rotatable bonds is 9. The zero-order valence-corrected chi connectivity index (χ0v) is 19.8. The van der Waals surface area contributed by atoms with E-state index in [9.17, 15) is 8.42 Å². The summed E-state index contributed by atoms with van der Waals surface area (Å²) < 4.78 is 36.0. The molecule has 1 fully saturated rings. The molecule has 1 heterocycles. The van der Waals surface area contributed by atoms with Crippen molar-refractivity contribution in [1.82, 2.24) is 9.62 Å². The third kappa shape index (κ3) is 8.10. The zero-order chi connectivity index (χ0) is 19.7. The standard InChI is InChI=1S/C18H30N4O4S.HI/c1-19-18(20-14-16-8-5-10-22(16)27(3,23)24)21-15-7-4-9-17(13-15)26-12-6-11-25-2;/h4,7,9,13,16H,5-6,8,10-12,14H2,1-3H3,(H2,19,20,21);1H/t16-;/m1./s1. The van der Waals surface area contributed by atoms with Crippen LogP contribution >= 0.6 is 24.0 Å². The first-order chi connectivity index (χ1) is 12.9. The maximum atomic E-state index is 11.8. The Hall–Kier alpha value is -1.11. The first-order valence-corrected chi connectivity index (χ1v) is 10.9. The summed E-state index contributed by atoms with van der Waals surface area (Å²) in [5, 5.41) is 6.43. The number of halogens is 1. The first kappa shape index (κ1) is 24.9. The molecule has 1 atom stereocenters. The van der Waals surface area contributed by atoms with E-state index in [4.69, 9.17) is 9.47 Å². The fourth-order valence-corrected chi connectivity index (χ4v) is 4.22. The highest BCUT2D eigenvalue weighted by Crippen LogP contribution is 2.20. The molecule has 28 heavy (non-hydrogen) atoms. The van der Waals surface area contributed by atoms with Gasteiger partial charge in [-0.15, -0.1) is 24.0 Å². The van der Waals surface area contributed by atoms with Gasteiger partial charge in [-0.05, 0) is 25.0 Å². The summed E-state index contributed by atoms with van der Waals surface area (Å²) in [6.45, 7) is 2.35. The lowest BCUT2D eigenvalue weighted by atomic mass is 10.2. The lowest BCUT2D eigenvalue weighted by molar-refractivity contribution is 0.172. The minimum Gasteiger partial charge on any atom is -0.493 e. The van der Waals surface area contributed by atoms with Gasteiger partial charge in [-0.1, -0.05) is 6.07 Å². The fourth-order valence-electron chi connectivity index (χ4n) is 3.04. The maximum Gasteiger partial charge on any atom is 0.211 e. The molecule has 10 heteroatoms. The van der Waals surface area contributed by atoms with Crippen molar-refractivity contribution in [2.45, 2.75) is 25.3 Å². The number of aliphatic imine (C=N–C) groups is 1. The lowest BCUT2D eigenvalue weighted by Crippen LogP contribution is -2.44. The van der Waals surface area contributed by atoms with Crippen LogP contribution in [0.4, 0.5) is 5.69 Å². The van der Waals surface area contributed by atoms with Gasteiger partial charge in [0.15, 0.2) is 5.96 Å². The molecule has 0 saturated carbocycles. The number of hydrogen-bond acceptors (Lipinski definition) is 5. The van der Waals surface area contributed by atoms with Crippen molar-refractivity contribution in [3.63, 3.8) is 0 Å². The maximum absolute atomic E-state index is 11.8. The van der Waals surface area contributed by atoms with Gasteiger partial charge in [0.1, 0.15) is 5.75 Å². The molecule has 0 unspecified atom stereocenters. The van der Waals surface area contributed by atoms with E-state index < -0.39 is 10.0 Å². The van der Waals surface area contributed by atoms with Crippen molar-refractivity contribution in [2.75, 3.05) is 52.0 Å². The normalized spacial score (nSPS) is 17.8. The smallest absolute Gasteiger partial charge is 0.211 e. The third-order valence-corrected chi connectivity index (χ3v) is 5.67. The SMILES string of the molecule is CN=C(NC[C@H]1CCCN1S(C)(=O)=O)Nc1cccc(OCCCOC)c1.I. The molecular formula is C18H31IN4O4S. The topological polar surface area (TPSA) is 92.3 Å². The lowest BCUT2D eigenvalue weighted by Gasteiger charge is -2.23. The van der Waals surface area contributed by atoms with Crippen molar-refractivity contribution >= 4 is 45.6 Å².